The maximum Gasteiger partial charge on any atom is 0.326 e. The molecular weight excluding hydrogens is 378 g/mol. The summed E-state index contributed by atoms with van der Waals surface area (Å²) in [6.45, 7) is 0.801. The highest BCUT2D eigenvalue weighted by Crippen LogP contribution is 2.34. The summed E-state index contributed by atoms with van der Waals surface area (Å²) in [4.78, 5) is 61.8. The first kappa shape index (κ1) is 21.0. The number of likely N-dealkylation sites (tertiary alicyclic amines) is 1. The Labute approximate surface area is 169 Å². The lowest BCUT2D eigenvalue weighted by Crippen LogP contribution is -2.48. The second kappa shape index (κ2) is 9.19. The number of fused-ring (bicyclic) bond motifs is 1. The standard InChI is InChI=1S/C20H27N3O6/c1-12(17(25)22-20(28)21-13-7-3-2-4-8-13)29-16(24)11-23-18(26)14-9-5-6-10-15(14)19(23)27/h5-6,12-15H,2-4,7-11H2,1H3,(H2,21,22,25,28)/t12-,14-,15+/m0/s1. The number of hydrogen-bond donors (Lipinski definition) is 2. The molecule has 0 aromatic carbocycles. The topological polar surface area (TPSA) is 122 Å². The maximum absolute atomic E-state index is 12.4. The van der Waals surface area contributed by atoms with Crippen LogP contribution in [0.15, 0.2) is 12.2 Å². The normalized spacial score (nSPS) is 25.3. The van der Waals surface area contributed by atoms with E-state index >= 15 is 0 Å². The summed E-state index contributed by atoms with van der Waals surface area (Å²) in [7, 11) is 0. The predicted octanol–water partition coefficient (Wildman–Crippen LogP) is 1.03. The number of urea groups is 1. The number of carbonyl (C=O) groups excluding carboxylic acids is 5. The summed E-state index contributed by atoms with van der Waals surface area (Å²) in [5, 5.41) is 4.90. The van der Waals surface area contributed by atoms with Gasteiger partial charge in [0.25, 0.3) is 5.91 Å². The Balaban J connectivity index is 1.45. The van der Waals surface area contributed by atoms with Crippen LogP contribution in [0, 0.1) is 11.8 Å². The molecule has 2 N–H and O–H groups in total. The Hall–Kier alpha value is -2.71. The largest absolute Gasteiger partial charge is 0.451 e. The lowest BCUT2D eigenvalue weighted by molar-refractivity contribution is -0.159. The lowest BCUT2D eigenvalue weighted by Gasteiger charge is -2.23. The Morgan fingerprint density at radius 3 is 2.24 bits per heavy atom. The molecule has 3 atom stereocenters. The summed E-state index contributed by atoms with van der Waals surface area (Å²) < 4.78 is 5.02. The van der Waals surface area contributed by atoms with Gasteiger partial charge in [0.05, 0.1) is 11.8 Å². The monoisotopic (exact) mass is 405 g/mol. The van der Waals surface area contributed by atoms with Crippen molar-refractivity contribution >= 4 is 29.7 Å². The number of imide groups is 2. The highest BCUT2D eigenvalue weighted by Gasteiger charge is 2.48. The van der Waals surface area contributed by atoms with E-state index < -0.39 is 42.4 Å². The highest BCUT2D eigenvalue weighted by atomic mass is 16.5. The number of nitrogens with one attached hydrogen (secondary N) is 2. The SMILES string of the molecule is C[C@H](OC(=O)CN1C(=O)[C@H]2CC=CC[C@H]2C1=O)C(=O)NC(=O)NC1CCCCC1. The molecule has 1 saturated carbocycles. The van der Waals surface area contributed by atoms with Crippen LogP contribution in [0.4, 0.5) is 4.79 Å². The summed E-state index contributed by atoms with van der Waals surface area (Å²) in [5.74, 6) is -3.25. The van der Waals surface area contributed by atoms with Gasteiger partial charge in [-0.15, -0.1) is 0 Å². The van der Waals surface area contributed by atoms with Gasteiger partial charge in [-0.25, -0.2) is 4.79 Å². The third-order valence-electron chi connectivity index (χ3n) is 5.74. The fourth-order valence-electron chi connectivity index (χ4n) is 4.12. The molecule has 1 saturated heterocycles. The molecule has 3 aliphatic rings. The van der Waals surface area contributed by atoms with Gasteiger partial charge in [-0.3, -0.25) is 29.4 Å². The van der Waals surface area contributed by atoms with Gasteiger partial charge in [-0.05, 0) is 32.6 Å². The average molecular weight is 405 g/mol. The van der Waals surface area contributed by atoms with Crippen molar-refractivity contribution < 1.29 is 28.7 Å². The van der Waals surface area contributed by atoms with Crippen LogP contribution >= 0.6 is 0 Å². The van der Waals surface area contributed by atoms with Crippen molar-refractivity contribution in [3.63, 3.8) is 0 Å². The van der Waals surface area contributed by atoms with Crippen LogP contribution < -0.4 is 10.6 Å². The van der Waals surface area contributed by atoms with E-state index in [0.29, 0.717) is 12.8 Å². The van der Waals surface area contributed by atoms with Crippen LogP contribution in [0.5, 0.6) is 0 Å². The molecule has 2 aliphatic carbocycles. The maximum atomic E-state index is 12.4. The molecule has 29 heavy (non-hydrogen) atoms. The first-order valence-corrected chi connectivity index (χ1v) is 10.2. The molecule has 3 rings (SSSR count). The molecule has 158 valence electrons. The minimum absolute atomic E-state index is 0.0413. The Bertz CT molecular complexity index is 702. The lowest BCUT2D eigenvalue weighted by atomic mass is 9.85. The number of carbonyl (C=O) groups is 5. The van der Waals surface area contributed by atoms with Crippen molar-refractivity contribution in [2.24, 2.45) is 11.8 Å². The molecule has 0 unspecified atom stereocenters. The zero-order chi connectivity index (χ0) is 21.0. The molecule has 2 fully saturated rings. The van der Waals surface area contributed by atoms with Crippen LogP contribution in [0.3, 0.4) is 0 Å². The number of amides is 5. The van der Waals surface area contributed by atoms with E-state index in [1.165, 1.54) is 6.92 Å². The highest BCUT2D eigenvalue weighted by molar-refractivity contribution is 6.07. The molecule has 5 amide bonds. The van der Waals surface area contributed by atoms with Crippen molar-refractivity contribution in [2.45, 2.75) is 64.0 Å². The summed E-state index contributed by atoms with van der Waals surface area (Å²) in [6, 6.07) is -0.578. The number of rotatable bonds is 5. The van der Waals surface area contributed by atoms with Crippen molar-refractivity contribution in [1.82, 2.24) is 15.5 Å². The third-order valence-corrected chi connectivity index (χ3v) is 5.74. The minimum atomic E-state index is -1.23. The quantitative estimate of drug-likeness (QED) is 0.400. The van der Waals surface area contributed by atoms with Gasteiger partial charge in [0.15, 0.2) is 6.10 Å². The van der Waals surface area contributed by atoms with Crippen molar-refractivity contribution in [3.05, 3.63) is 12.2 Å². The van der Waals surface area contributed by atoms with Gasteiger partial charge in [-0.2, -0.15) is 0 Å². The Kier molecular flexibility index (Phi) is 6.66. The van der Waals surface area contributed by atoms with E-state index in [9.17, 15) is 24.0 Å². The van der Waals surface area contributed by atoms with Crippen molar-refractivity contribution in [1.29, 1.82) is 0 Å². The second-order valence-corrected chi connectivity index (χ2v) is 7.85. The molecule has 0 aromatic rings. The van der Waals surface area contributed by atoms with E-state index in [4.69, 9.17) is 4.74 Å². The minimum Gasteiger partial charge on any atom is -0.451 e. The fourth-order valence-corrected chi connectivity index (χ4v) is 4.12. The zero-order valence-corrected chi connectivity index (χ0v) is 16.5. The van der Waals surface area contributed by atoms with E-state index in [1.54, 1.807) is 0 Å². The first-order valence-electron chi connectivity index (χ1n) is 10.2. The number of allylic oxidation sites excluding steroid dienone is 2. The molecule has 0 radical (unpaired) electrons. The Morgan fingerprint density at radius 1 is 1.07 bits per heavy atom. The summed E-state index contributed by atoms with van der Waals surface area (Å²) in [5.41, 5.74) is 0. The fraction of sp³-hybridized carbons (Fsp3) is 0.650. The summed E-state index contributed by atoms with van der Waals surface area (Å²) in [6.07, 6.45) is 8.44. The van der Waals surface area contributed by atoms with Gasteiger partial charge >= 0.3 is 12.0 Å². The number of ether oxygens (including phenoxy) is 1. The number of nitrogens with zero attached hydrogens (tertiary/aromatic N) is 1. The summed E-state index contributed by atoms with van der Waals surface area (Å²) >= 11 is 0. The first-order chi connectivity index (χ1) is 13.9. The van der Waals surface area contributed by atoms with Gasteiger partial charge in [-0.1, -0.05) is 31.4 Å². The van der Waals surface area contributed by atoms with Crippen LogP contribution in [0.1, 0.15) is 51.9 Å². The van der Waals surface area contributed by atoms with Gasteiger partial charge in [0, 0.05) is 6.04 Å². The smallest absolute Gasteiger partial charge is 0.326 e. The third kappa shape index (κ3) is 5.02. The molecule has 9 heteroatoms. The van der Waals surface area contributed by atoms with Crippen LogP contribution in [0.25, 0.3) is 0 Å². The number of esters is 1. The second-order valence-electron chi connectivity index (χ2n) is 7.85. The Morgan fingerprint density at radius 2 is 1.66 bits per heavy atom. The van der Waals surface area contributed by atoms with Crippen LogP contribution in [-0.4, -0.2) is 53.3 Å². The van der Waals surface area contributed by atoms with Gasteiger partial charge in [0.2, 0.25) is 11.8 Å². The van der Waals surface area contributed by atoms with Crippen molar-refractivity contribution in [3.8, 4) is 0 Å². The van der Waals surface area contributed by atoms with Crippen molar-refractivity contribution in [2.75, 3.05) is 6.54 Å². The van der Waals surface area contributed by atoms with Crippen LogP contribution in [0.2, 0.25) is 0 Å². The molecule has 0 bridgehead atoms. The molecule has 0 spiro atoms. The molecule has 0 aromatic heterocycles. The molecule has 9 nitrogen and oxygen atoms in total. The predicted molar refractivity (Wildman–Crippen MR) is 101 cm³/mol. The average Bonchev–Trinajstić information content (AvgIpc) is 2.93. The number of hydrogen-bond acceptors (Lipinski definition) is 6. The molecule has 1 heterocycles. The zero-order valence-electron chi connectivity index (χ0n) is 16.5. The van der Waals surface area contributed by atoms with Gasteiger partial charge < -0.3 is 10.1 Å². The molecule has 1 aliphatic heterocycles. The van der Waals surface area contributed by atoms with Gasteiger partial charge in [0.1, 0.15) is 6.54 Å². The van der Waals surface area contributed by atoms with E-state index in [1.807, 2.05) is 12.2 Å². The molecular formula is C20H27N3O6. The van der Waals surface area contributed by atoms with E-state index in [0.717, 1.165) is 37.0 Å². The van der Waals surface area contributed by atoms with Crippen LogP contribution in [-0.2, 0) is 23.9 Å². The van der Waals surface area contributed by atoms with E-state index in [2.05, 4.69) is 10.6 Å². The van der Waals surface area contributed by atoms with E-state index in [-0.39, 0.29) is 17.9 Å².